The highest BCUT2D eigenvalue weighted by molar-refractivity contribution is 5.85. The molecule has 2 aliphatic rings. The van der Waals surface area contributed by atoms with Crippen LogP contribution in [-0.4, -0.2) is 24.2 Å². The van der Waals surface area contributed by atoms with Gasteiger partial charge in [-0.25, -0.2) is 0 Å². The minimum atomic E-state index is 0. The van der Waals surface area contributed by atoms with Crippen LogP contribution in [0.15, 0.2) is 12.1 Å². The largest absolute Gasteiger partial charge is 0.476 e. The van der Waals surface area contributed by atoms with E-state index in [2.05, 4.69) is 23.3 Å². The number of aromatic nitrogens is 1. The van der Waals surface area contributed by atoms with Crippen molar-refractivity contribution in [1.29, 1.82) is 0 Å². The van der Waals surface area contributed by atoms with Crippen molar-refractivity contribution in [2.24, 2.45) is 5.92 Å². The average Bonchev–Trinajstić information content (AvgIpc) is 2.65. The predicted molar refractivity (Wildman–Crippen MR) is 83.4 cm³/mol. The van der Waals surface area contributed by atoms with Gasteiger partial charge in [-0.05, 0) is 31.2 Å². The zero-order valence-electron chi connectivity index (χ0n) is 11.6. The molecule has 1 aliphatic carbocycles. The quantitative estimate of drug-likeness (QED) is 0.909. The number of hydrogen-bond donors (Lipinski definition) is 1. The lowest BCUT2D eigenvalue weighted by molar-refractivity contribution is 0.158. The second kappa shape index (κ2) is 7.91. The van der Waals surface area contributed by atoms with Crippen LogP contribution in [0.25, 0.3) is 0 Å². The molecule has 1 fully saturated rings. The molecule has 1 saturated carbocycles. The summed E-state index contributed by atoms with van der Waals surface area (Å²) in [5.41, 5.74) is 1.11. The van der Waals surface area contributed by atoms with E-state index in [0.717, 1.165) is 31.0 Å². The molecule has 1 N–H and O–H groups in total. The lowest BCUT2D eigenvalue weighted by atomic mass is 10.1. The van der Waals surface area contributed by atoms with Crippen molar-refractivity contribution in [1.82, 2.24) is 10.3 Å². The normalized spacial score (nSPS) is 24.4. The van der Waals surface area contributed by atoms with Gasteiger partial charge in [0.1, 0.15) is 12.7 Å². The molecule has 0 unspecified atom stereocenters. The zero-order valence-corrected chi connectivity index (χ0v) is 13.3. The molecule has 114 valence electrons. The third-order valence-corrected chi connectivity index (χ3v) is 3.80. The van der Waals surface area contributed by atoms with Gasteiger partial charge in [-0.2, -0.15) is 4.98 Å². The summed E-state index contributed by atoms with van der Waals surface area (Å²) < 4.78 is 11.6. The Kier molecular flexibility index (Phi) is 6.86. The smallest absolute Gasteiger partial charge is 0.221 e. The molecule has 0 amide bonds. The molecular formula is C14H22Cl2N2O2. The van der Waals surface area contributed by atoms with Crippen molar-refractivity contribution < 1.29 is 9.47 Å². The van der Waals surface area contributed by atoms with Crippen LogP contribution in [0.4, 0.5) is 0 Å². The maximum Gasteiger partial charge on any atom is 0.221 e. The first-order valence-corrected chi connectivity index (χ1v) is 6.83. The van der Waals surface area contributed by atoms with Crippen LogP contribution in [0, 0.1) is 5.92 Å². The minimum Gasteiger partial charge on any atom is -0.476 e. The van der Waals surface area contributed by atoms with Gasteiger partial charge in [0.15, 0.2) is 0 Å². The summed E-state index contributed by atoms with van der Waals surface area (Å²) in [5.74, 6) is 2.06. The summed E-state index contributed by atoms with van der Waals surface area (Å²) in [7, 11) is 0. The molecule has 1 aromatic rings. The fourth-order valence-electron chi connectivity index (χ4n) is 2.66. The number of hydrogen-bond acceptors (Lipinski definition) is 4. The minimum absolute atomic E-state index is 0. The van der Waals surface area contributed by atoms with E-state index < -0.39 is 0 Å². The molecule has 0 radical (unpaired) electrons. The fourth-order valence-corrected chi connectivity index (χ4v) is 2.66. The van der Waals surface area contributed by atoms with Crippen LogP contribution in [0.5, 0.6) is 11.8 Å². The second-order valence-electron chi connectivity index (χ2n) is 5.20. The number of pyridine rings is 1. The average molecular weight is 321 g/mol. The molecule has 0 spiro atoms. The van der Waals surface area contributed by atoms with Crippen molar-refractivity contribution in [2.75, 3.05) is 13.2 Å². The summed E-state index contributed by atoms with van der Waals surface area (Å²) in [6.07, 6.45) is 3.98. The molecule has 1 aromatic heterocycles. The van der Waals surface area contributed by atoms with E-state index >= 15 is 0 Å². The summed E-state index contributed by atoms with van der Waals surface area (Å²) >= 11 is 0. The van der Waals surface area contributed by atoms with Crippen molar-refractivity contribution in [3.05, 3.63) is 17.7 Å². The molecule has 4 nitrogen and oxygen atoms in total. The van der Waals surface area contributed by atoms with Crippen LogP contribution in [0.2, 0.25) is 0 Å². The van der Waals surface area contributed by atoms with Gasteiger partial charge in [-0.1, -0.05) is 6.92 Å². The van der Waals surface area contributed by atoms with E-state index in [1.807, 2.05) is 6.07 Å². The van der Waals surface area contributed by atoms with Gasteiger partial charge in [-0.3, -0.25) is 0 Å². The highest BCUT2D eigenvalue weighted by Crippen LogP contribution is 2.30. The van der Waals surface area contributed by atoms with Crippen molar-refractivity contribution in [3.8, 4) is 11.8 Å². The lowest BCUT2D eigenvalue weighted by Crippen LogP contribution is -2.19. The Morgan fingerprint density at radius 1 is 1.30 bits per heavy atom. The van der Waals surface area contributed by atoms with E-state index in [0.29, 0.717) is 24.5 Å². The topological polar surface area (TPSA) is 43.4 Å². The molecule has 0 bridgehead atoms. The van der Waals surface area contributed by atoms with Gasteiger partial charge in [0.2, 0.25) is 11.8 Å². The Labute approximate surface area is 132 Å². The van der Waals surface area contributed by atoms with Crippen LogP contribution in [-0.2, 0) is 6.54 Å². The van der Waals surface area contributed by atoms with E-state index in [1.165, 1.54) is 12.8 Å². The Balaban J connectivity index is 0.000001000. The Morgan fingerprint density at radius 3 is 2.90 bits per heavy atom. The molecule has 6 heteroatoms. The van der Waals surface area contributed by atoms with Gasteiger partial charge in [-0.15, -0.1) is 24.8 Å². The molecule has 20 heavy (non-hydrogen) atoms. The van der Waals surface area contributed by atoms with Crippen LogP contribution in [0.1, 0.15) is 31.7 Å². The summed E-state index contributed by atoms with van der Waals surface area (Å²) in [6.45, 7) is 4.61. The standard InChI is InChI=1S/C14H20N2O2.2ClH/c1-10-3-2-4-12(10)18-13-6-5-11-9-15-7-8-17-14(11)16-13;;/h5-6,10,12,15H,2-4,7-9H2,1H3;2*1H/t10-,12-;;/m1../s1. The van der Waals surface area contributed by atoms with Crippen LogP contribution in [0.3, 0.4) is 0 Å². The van der Waals surface area contributed by atoms with Gasteiger partial charge in [0.05, 0.1) is 0 Å². The number of nitrogens with zero attached hydrogens (tertiary/aromatic N) is 1. The van der Waals surface area contributed by atoms with Crippen LogP contribution < -0.4 is 14.8 Å². The van der Waals surface area contributed by atoms with Crippen molar-refractivity contribution in [2.45, 2.75) is 38.8 Å². The highest BCUT2D eigenvalue weighted by atomic mass is 35.5. The maximum absolute atomic E-state index is 5.98. The summed E-state index contributed by atoms with van der Waals surface area (Å²) in [4.78, 5) is 4.49. The Hall–Kier alpha value is -0.710. The van der Waals surface area contributed by atoms with Gasteiger partial charge in [0.25, 0.3) is 0 Å². The number of halogens is 2. The Bertz CT molecular complexity index is 432. The van der Waals surface area contributed by atoms with Crippen molar-refractivity contribution in [3.63, 3.8) is 0 Å². The molecule has 0 aromatic carbocycles. The summed E-state index contributed by atoms with van der Waals surface area (Å²) in [5, 5.41) is 3.30. The summed E-state index contributed by atoms with van der Waals surface area (Å²) in [6, 6.07) is 4.01. The third-order valence-electron chi connectivity index (χ3n) is 3.80. The molecular weight excluding hydrogens is 299 g/mol. The molecule has 3 rings (SSSR count). The maximum atomic E-state index is 5.98. The monoisotopic (exact) mass is 320 g/mol. The zero-order chi connectivity index (χ0) is 12.4. The van der Waals surface area contributed by atoms with E-state index in [9.17, 15) is 0 Å². The molecule has 2 atom stereocenters. The predicted octanol–water partition coefficient (Wildman–Crippen LogP) is 2.97. The first kappa shape index (κ1) is 17.3. The number of ether oxygens (including phenoxy) is 2. The van der Waals surface area contributed by atoms with Crippen LogP contribution >= 0.6 is 24.8 Å². The first-order chi connectivity index (χ1) is 8.83. The third kappa shape index (κ3) is 3.90. The van der Waals surface area contributed by atoms with Crippen molar-refractivity contribution >= 4 is 24.8 Å². The van der Waals surface area contributed by atoms with Gasteiger partial charge >= 0.3 is 0 Å². The highest BCUT2D eigenvalue weighted by Gasteiger charge is 2.25. The van der Waals surface area contributed by atoms with E-state index in [-0.39, 0.29) is 24.8 Å². The first-order valence-electron chi connectivity index (χ1n) is 6.83. The van der Waals surface area contributed by atoms with E-state index in [4.69, 9.17) is 9.47 Å². The number of nitrogens with one attached hydrogen (secondary N) is 1. The molecule has 1 aliphatic heterocycles. The molecule has 2 heterocycles. The van der Waals surface area contributed by atoms with Gasteiger partial charge in [0, 0.05) is 24.7 Å². The lowest BCUT2D eigenvalue weighted by Gasteiger charge is -2.17. The molecule has 0 saturated heterocycles. The number of rotatable bonds is 2. The van der Waals surface area contributed by atoms with Gasteiger partial charge < -0.3 is 14.8 Å². The Morgan fingerprint density at radius 2 is 2.15 bits per heavy atom. The fraction of sp³-hybridized carbons (Fsp3) is 0.643. The van der Waals surface area contributed by atoms with E-state index in [1.54, 1.807) is 0 Å². The SMILES string of the molecule is C[C@@H]1CCC[C@H]1Oc1ccc2c(n1)OCCNC2.Cl.Cl. The number of fused-ring (bicyclic) bond motifs is 1. The second-order valence-corrected chi connectivity index (χ2v) is 5.20.